The van der Waals surface area contributed by atoms with E-state index in [0.29, 0.717) is 11.3 Å². The number of anilines is 1. The van der Waals surface area contributed by atoms with E-state index in [4.69, 9.17) is 5.73 Å². The Morgan fingerprint density at radius 2 is 1.77 bits per heavy atom. The number of nitrogens with two attached hydrogens (primary N) is 1. The second kappa shape index (κ2) is 7.17. The van der Waals surface area contributed by atoms with E-state index >= 15 is 0 Å². The maximum atomic E-state index is 13.4. The Balaban J connectivity index is 1.97. The average Bonchev–Trinajstić information content (AvgIpc) is 2.48. The molecule has 0 saturated heterocycles. The van der Waals surface area contributed by atoms with Crippen LogP contribution in [0.2, 0.25) is 0 Å². The largest absolute Gasteiger partial charge is 0.369 e. The number of rotatable bonds is 5. The van der Waals surface area contributed by atoms with Crippen LogP contribution in [0.25, 0.3) is 6.08 Å². The maximum Gasteiger partial charge on any atom is 0.248 e. The lowest BCUT2D eigenvalue weighted by Crippen LogP contribution is -2.13. The normalized spacial score (nSPS) is 10.6. The van der Waals surface area contributed by atoms with Gasteiger partial charge in [-0.3, -0.25) is 9.59 Å². The lowest BCUT2D eigenvalue weighted by atomic mass is 10.1. The van der Waals surface area contributed by atoms with E-state index in [2.05, 4.69) is 5.32 Å². The molecule has 2 rings (SSSR count). The van der Waals surface area contributed by atoms with Crippen molar-refractivity contribution >= 4 is 23.6 Å². The van der Waals surface area contributed by atoms with Crippen molar-refractivity contribution < 1.29 is 14.0 Å². The molecule has 112 valence electrons. The number of amides is 2. The standard InChI is InChI=1S/C17H15FN2O2/c18-15-4-2-1-3-13(15)7-10-17(22)20-14-8-5-12(6-9-14)11-16(19)21/h1-10H,11H2,(H2,19,21)(H,20,22)/b10-7+. The van der Waals surface area contributed by atoms with Gasteiger partial charge in [-0.25, -0.2) is 4.39 Å². The first-order valence-corrected chi connectivity index (χ1v) is 6.65. The first-order valence-electron chi connectivity index (χ1n) is 6.65. The molecule has 5 heteroatoms. The van der Waals surface area contributed by atoms with E-state index in [-0.39, 0.29) is 18.1 Å². The second-order valence-electron chi connectivity index (χ2n) is 4.68. The molecule has 0 heterocycles. The molecule has 4 nitrogen and oxygen atoms in total. The van der Waals surface area contributed by atoms with Gasteiger partial charge < -0.3 is 11.1 Å². The molecular formula is C17H15FN2O2. The molecule has 0 atom stereocenters. The Hall–Kier alpha value is -2.95. The number of primary amides is 1. The van der Waals surface area contributed by atoms with E-state index in [0.717, 1.165) is 5.56 Å². The fourth-order valence-electron chi connectivity index (χ4n) is 1.87. The smallest absolute Gasteiger partial charge is 0.248 e. The van der Waals surface area contributed by atoms with Gasteiger partial charge in [0.05, 0.1) is 6.42 Å². The first kappa shape index (κ1) is 15.4. The predicted octanol–water partition coefficient (Wildman–Crippen LogP) is 2.51. The molecule has 0 spiro atoms. The van der Waals surface area contributed by atoms with E-state index in [1.165, 1.54) is 18.2 Å². The van der Waals surface area contributed by atoms with Crippen LogP contribution in [0.5, 0.6) is 0 Å². The van der Waals surface area contributed by atoms with Crippen LogP contribution in [0.15, 0.2) is 54.6 Å². The summed E-state index contributed by atoms with van der Waals surface area (Å²) in [5.41, 5.74) is 6.79. The molecule has 3 N–H and O–H groups in total. The van der Waals surface area contributed by atoms with Crippen LogP contribution < -0.4 is 11.1 Å². The molecule has 0 radical (unpaired) electrons. The zero-order valence-electron chi connectivity index (χ0n) is 11.8. The van der Waals surface area contributed by atoms with Crippen LogP contribution in [0.3, 0.4) is 0 Å². The summed E-state index contributed by atoms with van der Waals surface area (Å²) in [6.45, 7) is 0. The molecule has 2 aromatic rings. The van der Waals surface area contributed by atoms with Gasteiger partial charge in [0.2, 0.25) is 11.8 Å². The quantitative estimate of drug-likeness (QED) is 0.832. The molecular weight excluding hydrogens is 283 g/mol. The minimum Gasteiger partial charge on any atom is -0.369 e. The number of hydrogen-bond acceptors (Lipinski definition) is 2. The Bertz CT molecular complexity index is 709. The molecule has 0 fully saturated rings. The van der Waals surface area contributed by atoms with Gasteiger partial charge in [0.1, 0.15) is 5.82 Å². The Kier molecular flexibility index (Phi) is 5.03. The summed E-state index contributed by atoms with van der Waals surface area (Å²) in [7, 11) is 0. The highest BCUT2D eigenvalue weighted by molar-refractivity contribution is 6.01. The van der Waals surface area contributed by atoms with Gasteiger partial charge in [0.25, 0.3) is 0 Å². The summed E-state index contributed by atoms with van der Waals surface area (Å²) in [6.07, 6.45) is 2.82. The number of halogens is 1. The van der Waals surface area contributed by atoms with E-state index in [1.54, 1.807) is 42.5 Å². The average molecular weight is 298 g/mol. The molecule has 0 bridgehead atoms. The molecule has 0 aliphatic heterocycles. The van der Waals surface area contributed by atoms with E-state index < -0.39 is 5.91 Å². The highest BCUT2D eigenvalue weighted by Crippen LogP contribution is 2.11. The van der Waals surface area contributed by atoms with Gasteiger partial charge in [-0.15, -0.1) is 0 Å². The van der Waals surface area contributed by atoms with Gasteiger partial charge in [-0.1, -0.05) is 30.3 Å². The van der Waals surface area contributed by atoms with Gasteiger partial charge >= 0.3 is 0 Å². The molecule has 2 aromatic carbocycles. The van der Waals surface area contributed by atoms with Crippen LogP contribution in [0.4, 0.5) is 10.1 Å². The lowest BCUT2D eigenvalue weighted by molar-refractivity contribution is -0.117. The number of benzene rings is 2. The predicted molar refractivity (Wildman–Crippen MR) is 83.4 cm³/mol. The van der Waals surface area contributed by atoms with E-state index in [1.807, 2.05) is 0 Å². The van der Waals surface area contributed by atoms with Crippen molar-refractivity contribution in [3.8, 4) is 0 Å². The van der Waals surface area contributed by atoms with Crippen LogP contribution in [0.1, 0.15) is 11.1 Å². The van der Waals surface area contributed by atoms with Crippen molar-refractivity contribution in [1.82, 2.24) is 0 Å². The van der Waals surface area contributed by atoms with Crippen molar-refractivity contribution in [2.75, 3.05) is 5.32 Å². The number of hydrogen-bond donors (Lipinski definition) is 2. The SMILES string of the molecule is NC(=O)Cc1ccc(NC(=O)/C=C/c2ccccc2F)cc1. The van der Waals surface area contributed by atoms with Gasteiger partial charge in [0.15, 0.2) is 0 Å². The number of carbonyl (C=O) groups is 2. The van der Waals surface area contributed by atoms with Crippen LogP contribution in [-0.2, 0) is 16.0 Å². The highest BCUT2D eigenvalue weighted by Gasteiger charge is 2.01. The molecule has 0 aliphatic carbocycles. The minimum absolute atomic E-state index is 0.154. The minimum atomic E-state index is -0.412. The van der Waals surface area contributed by atoms with Gasteiger partial charge in [-0.05, 0) is 29.8 Å². The van der Waals surface area contributed by atoms with Crippen molar-refractivity contribution in [3.05, 3.63) is 71.6 Å². The summed E-state index contributed by atoms with van der Waals surface area (Å²) < 4.78 is 13.4. The summed E-state index contributed by atoms with van der Waals surface area (Å²) in [5, 5.41) is 2.65. The van der Waals surface area contributed by atoms with Crippen molar-refractivity contribution in [1.29, 1.82) is 0 Å². The van der Waals surface area contributed by atoms with Crippen LogP contribution in [-0.4, -0.2) is 11.8 Å². The molecule has 0 unspecified atom stereocenters. The highest BCUT2D eigenvalue weighted by atomic mass is 19.1. The third kappa shape index (κ3) is 4.56. The lowest BCUT2D eigenvalue weighted by Gasteiger charge is -2.03. The fraction of sp³-hybridized carbons (Fsp3) is 0.0588. The first-order chi connectivity index (χ1) is 10.5. The third-order valence-corrected chi connectivity index (χ3v) is 2.92. The molecule has 22 heavy (non-hydrogen) atoms. The Morgan fingerprint density at radius 3 is 2.41 bits per heavy atom. The van der Waals surface area contributed by atoms with Crippen LogP contribution in [0, 0.1) is 5.82 Å². The maximum absolute atomic E-state index is 13.4. The Morgan fingerprint density at radius 1 is 1.09 bits per heavy atom. The van der Waals surface area contributed by atoms with Crippen molar-refractivity contribution in [3.63, 3.8) is 0 Å². The summed E-state index contributed by atoms with van der Waals surface area (Å²) in [5.74, 6) is -1.17. The second-order valence-corrected chi connectivity index (χ2v) is 4.68. The molecule has 0 saturated carbocycles. The van der Waals surface area contributed by atoms with E-state index in [9.17, 15) is 14.0 Å². The monoisotopic (exact) mass is 298 g/mol. The number of nitrogens with one attached hydrogen (secondary N) is 1. The fourth-order valence-corrected chi connectivity index (χ4v) is 1.87. The Labute approximate surface area is 127 Å². The third-order valence-electron chi connectivity index (χ3n) is 2.92. The van der Waals surface area contributed by atoms with Gasteiger partial charge in [0, 0.05) is 17.3 Å². The summed E-state index contributed by atoms with van der Waals surface area (Å²) >= 11 is 0. The van der Waals surface area contributed by atoms with Crippen molar-refractivity contribution in [2.45, 2.75) is 6.42 Å². The summed E-state index contributed by atoms with van der Waals surface area (Å²) in [4.78, 5) is 22.6. The van der Waals surface area contributed by atoms with Gasteiger partial charge in [-0.2, -0.15) is 0 Å². The molecule has 0 aliphatic rings. The summed E-state index contributed by atoms with van der Waals surface area (Å²) in [6, 6.07) is 13.0. The van der Waals surface area contributed by atoms with Crippen molar-refractivity contribution in [2.24, 2.45) is 5.73 Å². The topological polar surface area (TPSA) is 72.2 Å². The van der Waals surface area contributed by atoms with Crippen LogP contribution >= 0.6 is 0 Å². The zero-order chi connectivity index (χ0) is 15.9. The molecule has 2 amide bonds. The number of carbonyl (C=O) groups excluding carboxylic acids is 2. The zero-order valence-corrected chi connectivity index (χ0v) is 11.8. The molecule has 0 aromatic heterocycles.